The van der Waals surface area contributed by atoms with E-state index in [4.69, 9.17) is 16.6 Å². The predicted octanol–water partition coefficient (Wildman–Crippen LogP) is 5.90. The van der Waals surface area contributed by atoms with Crippen molar-refractivity contribution in [1.29, 1.82) is 0 Å². The van der Waals surface area contributed by atoms with E-state index in [9.17, 15) is 0 Å². The number of likely N-dealkylation sites (tertiary alicyclic amines) is 1. The maximum Gasteiger partial charge on any atom is 0.0959 e. The molecule has 0 unspecified atom stereocenters. The molecule has 0 saturated carbocycles. The number of halogens is 1. The molecule has 5 rings (SSSR count). The number of nitrogens with zero attached hydrogens (tertiary/aromatic N) is 4. The molecule has 1 fully saturated rings. The van der Waals surface area contributed by atoms with Gasteiger partial charge in [0.05, 0.1) is 11.0 Å². The Kier molecular flexibility index (Phi) is 5.52. The normalized spacial score (nSPS) is 15.0. The Hall–Kier alpha value is -2.69. The lowest BCUT2D eigenvalue weighted by molar-refractivity contribution is 0.222. The molecular weight excluding hydrogens is 392 g/mol. The maximum absolute atomic E-state index is 6.05. The van der Waals surface area contributed by atoms with Crippen LogP contribution in [0.25, 0.3) is 33.3 Å². The Morgan fingerprint density at radius 2 is 1.67 bits per heavy atom. The lowest BCUT2D eigenvalue weighted by Crippen LogP contribution is -2.32. The van der Waals surface area contributed by atoms with E-state index in [-0.39, 0.29) is 0 Å². The second kappa shape index (κ2) is 8.58. The molecule has 4 aromatic rings. The summed E-state index contributed by atoms with van der Waals surface area (Å²) in [6.07, 6.45) is 12.0. The minimum Gasteiger partial charge on any atom is -0.344 e. The van der Waals surface area contributed by atoms with E-state index < -0.39 is 0 Å². The number of aromatic nitrogens is 3. The van der Waals surface area contributed by atoms with Gasteiger partial charge in [0.2, 0.25) is 0 Å². The highest BCUT2D eigenvalue weighted by Crippen LogP contribution is 2.31. The highest BCUT2D eigenvalue weighted by atomic mass is 35.5. The Bertz CT molecular complexity index is 1140. The quantitative estimate of drug-likeness (QED) is 0.406. The van der Waals surface area contributed by atoms with Crippen molar-refractivity contribution in [3.05, 3.63) is 72.3 Å². The van der Waals surface area contributed by atoms with Crippen LogP contribution >= 0.6 is 11.6 Å². The second-order valence-corrected chi connectivity index (χ2v) is 8.42. The molecule has 1 aliphatic rings. The average Bonchev–Trinajstić information content (AvgIpc) is 3.18. The number of piperidine rings is 1. The van der Waals surface area contributed by atoms with Crippen molar-refractivity contribution < 1.29 is 0 Å². The lowest BCUT2D eigenvalue weighted by Gasteiger charge is -2.26. The van der Waals surface area contributed by atoms with Crippen molar-refractivity contribution in [3.63, 3.8) is 0 Å². The number of rotatable bonds is 5. The number of hydrogen-bond donors (Lipinski definition) is 0. The van der Waals surface area contributed by atoms with Gasteiger partial charge in [-0.25, -0.2) is 0 Å². The first-order valence-electron chi connectivity index (χ1n) is 10.7. The number of benzene rings is 1. The van der Waals surface area contributed by atoms with Gasteiger partial charge in [-0.05, 0) is 61.8 Å². The number of fused-ring (bicyclic) bond motifs is 1. The van der Waals surface area contributed by atoms with Crippen LogP contribution in [-0.4, -0.2) is 39.1 Å². The van der Waals surface area contributed by atoms with Gasteiger partial charge >= 0.3 is 0 Å². The summed E-state index contributed by atoms with van der Waals surface area (Å²) in [7, 11) is 0. The van der Waals surface area contributed by atoms with Crippen LogP contribution < -0.4 is 0 Å². The fourth-order valence-electron chi connectivity index (χ4n) is 4.34. The predicted molar refractivity (Wildman–Crippen MR) is 124 cm³/mol. The zero-order valence-corrected chi connectivity index (χ0v) is 17.7. The first kappa shape index (κ1) is 19.3. The van der Waals surface area contributed by atoms with Crippen molar-refractivity contribution in [2.24, 2.45) is 0 Å². The van der Waals surface area contributed by atoms with Crippen LogP contribution in [0.5, 0.6) is 0 Å². The van der Waals surface area contributed by atoms with Crippen molar-refractivity contribution in [3.8, 4) is 22.3 Å². The summed E-state index contributed by atoms with van der Waals surface area (Å²) in [5.74, 6) is 0. The van der Waals surface area contributed by atoms with Gasteiger partial charge in [-0.3, -0.25) is 9.97 Å². The molecule has 4 heterocycles. The Morgan fingerprint density at radius 1 is 0.867 bits per heavy atom. The van der Waals surface area contributed by atoms with Crippen LogP contribution in [0.3, 0.4) is 0 Å². The van der Waals surface area contributed by atoms with Crippen LogP contribution in [-0.2, 0) is 6.54 Å². The van der Waals surface area contributed by atoms with Crippen LogP contribution in [0.15, 0.2) is 67.3 Å². The molecule has 0 radical (unpaired) electrons. The van der Waals surface area contributed by atoms with E-state index in [1.165, 1.54) is 37.9 Å². The molecule has 3 aromatic heterocycles. The van der Waals surface area contributed by atoms with Crippen LogP contribution in [0.4, 0.5) is 0 Å². The molecule has 0 N–H and O–H groups in total. The molecular formula is C25H25ClN4. The number of pyridine rings is 2. The highest BCUT2D eigenvalue weighted by Gasteiger charge is 2.15. The zero-order valence-electron chi connectivity index (χ0n) is 17.0. The van der Waals surface area contributed by atoms with E-state index in [1.54, 1.807) is 0 Å². The summed E-state index contributed by atoms with van der Waals surface area (Å²) in [5, 5.41) is 0.740. The average molecular weight is 417 g/mol. The smallest absolute Gasteiger partial charge is 0.0959 e. The van der Waals surface area contributed by atoms with Crippen LogP contribution in [0.2, 0.25) is 5.02 Å². The fraction of sp³-hybridized carbons (Fsp3) is 0.280. The minimum absolute atomic E-state index is 0.740. The van der Waals surface area contributed by atoms with E-state index in [0.29, 0.717) is 0 Å². The Labute approximate surface area is 182 Å². The van der Waals surface area contributed by atoms with Gasteiger partial charge in [0.15, 0.2) is 0 Å². The minimum atomic E-state index is 0.740. The van der Waals surface area contributed by atoms with E-state index in [0.717, 1.165) is 45.9 Å². The number of hydrogen-bond acceptors (Lipinski definition) is 3. The molecule has 0 spiro atoms. The van der Waals surface area contributed by atoms with Crippen molar-refractivity contribution >= 4 is 22.6 Å². The molecule has 1 aliphatic heterocycles. The first-order chi connectivity index (χ1) is 14.8. The molecule has 5 heteroatoms. The van der Waals surface area contributed by atoms with Crippen LogP contribution in [0.1, 0.15) is 19.3 Å². The van der Waals surface area contributed by atoms with Gasteiger partial charge in [0.1, 0.15) is 0 Å². The molecule has 0 aliphatic carbocycles. The molecule has 0 bridgehead atoms. The van der Waals surface area contributed by atoms with Gasteiger partial charge in [-0.15, -0.1) is 0 Å². The second-order valence-electron chi connectivity index (χ2n) is 7.98. The largest absolute Gasteiger partial charge is 0.344 e. The van der Waals surface area contributed by atoms with E-state index in [1.807, 2.05) is 48.9 Å². The SMILES string of the molecule is Clc1ccc(-c2cncc(-c3cn(CCN4CCCCC4)c4cccnc34)c2)cc1. The fourth-order valence-corrected chi connectivity index (χ4v) is 4.46. The monoisotopic (exact) mass is 416 g/mol. The summed E-state index contributed by atoms with van der Waals surface area (Å²) in [6, 6.07) is 14.3. The highest BCUT2D eigenvalue weighted by molar-refractivity contribution is 6.30. The third-order valence-corrected chi connectivity index (χ3v) is 6.22. The van der Waals surface area contributed by atoms with Gasteiger partial charge in [-0.2, -0.15) is 0 Å². The summed E-state index contributed by atoms with van der Waals surface area (Å²) in [5.41, 5.74) is 6.62. The lowest BCUT2D eigenvalue weighted by atomic mass is 10.0. The molecule has 1 saturated heterocycles. The third kappa shape index (κ3) is 3.98. The summed E-state index contributed by atoms with van der Waals surface area (Å²) >= 11 is 6.05. The summed E-state index contributed by atoms with van der Waals surface area (Å²) in [4.78, 5) is 11.8. The van der Waals surface area contributed by atoms with Crippen molar-refractivity contribution in [2.45, 2.75) is 25.8 Å². The summed E-state index contributed by atoms with van der Waals surface area (Å²) in [6.45, 7) is 4.50. The molecule has 30 heavy (non-hydrogen) atoms. The summed E-state index contributed by atoms with van der Waals surface area (Å²) < 4.78 is 2.35. The topological polar surface area (TPSA) is 34.0 Å². The van der Waals surface area contributed by atoms with E-state index in [2.05, 4.69) is 32.8 Å². The van der Waals surface area contributed by atoms with Crippen molar-refractivity contribution in [1.82, 2.24) is 19.4 Å². The Balaban J connectivity index is 1.48. The van der Waals surface area contributed by atoms with E-state index >= 15 is 0 Å². The third-order valence-electron chi connectivity index (χ3n) is 5.97. The molecule has 0 atom stereocenters. The van der Waals surface area contributed by atoms with Crippen molar-refractivity contribution in [2.75, 3.05) is 19.6 Å². The molecule has 4 nitrogen and oxygen atoms in total. The Morgan fingerprint density at radius 3 is 2.50 bits per heavy atom. The van der Waals surface area contributed by atoms with Gasteiger partial charge in [-0.1, -0.05) is 30.2 Å². The van der Waals surface area contributed by atoms with Gasteiger partial charge < -0.3 is 9.47 Å². The van der Waals surface area contributed by atoms with Gasteiger partial charge in [0, 0.05) is 59.6 Å². The first-order valence-corrected chi connectivity index (χ1v) is 11.0. The standard InChI is InChI=1S/C25H25ClN4/c26-22-8-6-19(7-9-22)20-15-21(17-27-16-20)23-18-30(24-5-4-10-28-25(23)24)14-13-29-11-2-1-3-12-29/h4-10,15-18H,1-3,11-14H2. The zero-order chi connectivity index (χ0) is 20.3. The molecule has 152 valence electrons. The molecule has 0 amide bonds. The van der Waals surface area contributed by atoms with Crippen LogP contribution in [0, 0.1) is 0 Å². The maximum atomic E-state index is 6.05. The molecule has 1 aromatic carbocycles. The van der Waals surface area contributed by atoms with Gasteiger partial charge in [0.25, 0.3) is 0 Å².